The van der Waals surface area contributed by atoms with E-state index in [1.54, 1.807) is 16.8 Å². The molecule has 1 saturated heterocycles. The summed E-state index contributed by atoms with van der Waals surface area (Å²) in [5.41, 5.74) is 0.324. The molecular weight excluding hydrogens is 372 g/mol. The van der Waals surface area contributed by atoms with Crippen LogP contribution in [-0.2, 0) is 4.79 Å². The smallest absolute Gasteiger partial charge is 0.321 e. The molecule has 1 aromatic carbocycles. The number of hydrogen-bond donors (Lipinski definition) is 2. The molecule has 0 aromatic heterocycles. The number of carboxylic acids is 1. The van der Waals surface area contributed by atoms with E-state index < -0.39 is 11.8 Å². The molecule has 2 N–H and O–H groups in total. The van der Waals surface area contributed by atoms with Crippen molar-refractivity contribution >= 4 is 40.9 Å². The Morgan fingerprint density at radius 1 is 1.32 bits per heavy atom. The molecule has 25 heavy (non-hydrogen) atoms. The molecule has 1 aliphatic heterocycles. The second-order valence-electron chi connectivity index (χ2n) is 6.06. The number of urea groups is 1. The van der Waals surface area contributed by atoms with Crippen LogP contribution in [0.2, 0.25) is 10.0 Å². The highest BCUT2D eigenvalue weighted by Gasteiger charge is 2.24. The van der Waals surface area contributed by atoms with Crippen molar-refractivity contribution in [3.63, 3.8) is 0 Å². The van der Waals surface area contributed by atoms with Gasteiger partial charge >= 0.3 is 12.0 Å². The summed E-state index contributed by atoms with van der Waals surface area (Å²) in [7, 11) is 1.77. The number of carboxylic acid groups (broad SMARTS) is 1. The third-order valence-corrected chi connectivity index (χ3v) is 4.78. The van der Waals surface area contributed by atoms with Crippen LogP contribution in [-0.4, -0.2) is 59.6 Å². The number of hydrogen-bond acceptors (Lipinski definition) is 3. The zero-order valence-electron chi connectivity index (χ0n) is 13.8. The Hall–Kier alpha value is -1.57. The van der Waals surface area contributed by atoms with Gasteiger partial charge in [-0.3, -0.25) is 9.69 Å². The lowest BCUT2D eigenvalue weighted by atomic mass is 10.1. The number of benzene rings is 1. The third kappa shape index (κ3) is 5.45. The van der Waals surface area contributed by atoms with Crippen LogP contribution in [0.3, 0.4) is 0 Å². The number of likely N-dealkylation sites (tertiary alicyclic amines) is 1. The minimum Gasteiger partial charge on any atom is -0.480 e. The zero-order chi connectivity index (χ0) is 18.6. The molecule has 1 aliphatic rings. The number of halogens is 3. The van der Waals surface area contributed by atoms with Gasteiger partial charge in [-0.1, -0.05) is 23.2 Å². The zero-order valence-corrected chi connectivity index (χ0v) is 15.3. The standard InChI is InChI=1S/C16H20Cl2FN3O3/c1-21(9-14(23)24)11-3-2-5-22(6-4-11)16(25)20-10-7-12(17)15(19)13(18)8-10/h7-8,11H,2-6,9H2,1H3,(H,20,25)(H,23,24). The van der Waals surface area contributed by atoms with E-state index in [2.05, 4.69) is 5.32 Å². The average Bonchev–Trinajstić information content (AvgIpc) is 2.78. The molecule has 9 heteroatoms. The van der Waals surface area contributed by atoms with Crippen molar-refractivity contribution in [3.8, 4) is 0 Å². The molecule has 0 saturated carbocycles. The van der Waals surface area contributed by atoms with E-state index in [-0.39, 0.29) is 28.7 Å². The first-order valence-electron chi connectivity index (χ1n) is 7.90. The Balaban J connectivity index is 1.96. The molecule has 0 spiro atoms. The van der Waals surface area contributed by atoms with E-state index in [1.165, 1.54) is 12.1 Å². The van der Waals surface area contributed by atoms with Gasteiger partial charge in [0.05, 0.1) is 16.6 Å². The predicted octanol–water partition coefficient (Wildman–Crippen LogP) is 3.54. The van der Waals surface area contributed by atoms with Crippen LogP contribution in [0.4, 0.5) is 14.9 Å². The number of carbonyl (C=O) groups excluding carboxylic acids is 1. The van der Waals surface area contributed by atoms with Crippen molar-refractivity contribution in [1.82, 2.24) is 9.80 Å². The second-order valence-corrected chi connectivity index (χ2v) is 6.88. The summed E-state index contributed by atoms with van der Waals surface area (Å²) in [5.74, 6) is -1.59. The van der Waals surface area contributed by atoms with E-state index >= 15 is 0 Å². The van der Waals surface area contributed by atoms with Gasteiger partial charge < -0.3 is 15.3 Å². The molecular formula is C16H20Cl2FN3O3. The maximum Gasteiger partial charge on any atom is 0.321 e. The van der Waals surface area contributed by atoms with Crippen LogP contribution in [0.5, 0.6) is 0 Å². The Bertz CT molecular complexity index is 637. The third-order valence-electron chi connectivity index (χ3n) is 4.23. The number of nitrogens with one attached hydrogen (secondary N) is 1. The van der Waals surface area contributed by atoms with Gasteiger partial charge in [-0.15, -0.1) is 0 Å². The Morgan fingerprint density at radius 3 is 2.56 bits per heavy atom. The summed E-state index contributed by atoms with van der Waals surface area (Å²) < 4.78 is 13.4. The molecule has 2 rings (SSSR count). The van der Waals surface area contributed by atoms with Crippen molar-refractivity contribution in [3.05, 3.63) is 28.0 Å². The first-order valence-corrected chi connectivity index (χ1v) is 8.66. The van der Waals surface area contributed by atoms with Crippen LogP contribution in [0.1, 0.15) is 19.3 Å². The maximum atomic E-state index is 13.4. The van der Waals surface area contributed by atoms with Gasteiger partial charge in [0.25, 0.3) is 0 Å². The van der Waals surface area contributed by atoms with E-state index in [9.17, 15) is 14.0 Å². The highest BCUT2D eigenvalue weighted by Crippen LogP contribution is 2.27. The van der Waals surface area contributed by atoms with Crippen LogP contribution in [0.25, 0.3) is 0 Å². The normalized spacial score (nSPS) is 18.1. The van der Waals surface area contributed by atoms with E-state index in [4.69, 9.17) is 28.3 Å². The van der Waals surface area contributed by atoms with E-state index in [0.29, 0.717) is 25.2 Å². The van der Waals surface area contributed by atoms with Gasteiger partial charge in [0.2, 0.25) is 0 Å². The first-order chi connectivity index (χ1) is 11.8. The minimum absolute atomic E-state index is 0.0244. The van der Waals surface area contributed by atoms with Crippen LogP contribution in [0.15, 0.2) is 12.1 Å². The molecule has 2 amide bonds. The van der Waals surface area contributed by atoms with Crippen molar-refractivity contribution in [2.75, 3.05) is 32.0 Å². The lowest BCUT2D eigenvalue weighted by molar-refractivity contribution is -0.138. The van der Waals surface area contributed by atoms with Gasteiger partial charge in [-0.2, -0.15) is 0 Å². The molecule has 1 atom stereocenters. The summed E-state index contributed by atoms with van der Waals surface area (Å²) in [6.45, 7) is 1.04. The van der Waals surface area contributed by atoms with Crippen LogP contribution >= 0.6 is 23.2 Å². The van der Waals surface area contributed by atoms with Crippen molar-refractivity contribution in [2.45, 2.75) is 25.3 Å². The molecule has 138 valence electrons. The van der Waals surface area contributed by atoms with Gasteiger partial charge in [-0.25, -0.2) is 9.18 Å². The molecule has 0 aliphatic carbocycles. The molecule has 1 aromatic rings. The summed E-state index contributed by atoms with van der Waals surface area (Å²) in [5, 5.41) is 11.2. The van der Waals surface area contributed by atoms with Crippen molar-refractivity contribution in [2.24, 2.45) is 0 Å². The van der Waals surface area contributed by atoms with Gasteiger partial charge in [0, 0.05) is 24.8 Å². The summed E-state index contributed by atoms with van der Waals surface area (Å²) >= 11 is 11.5. The minimum atomic E-state index is -0.869. The number of likely N-dealkylation sites (N-methyl/N-ethyl adjacent to an activating group) is 1. The number of rotatable bonds is 4. The van der Waals surface area contributed by atoms with E-state index in [0.717, 1.165) is 12.8 Å². The number of nitrogens with zero attached hydrogens (tertiary/aromatic N) is 2. The van der Waals surface area contributed by atoms with Gasteiger partial charge in [0.15, 0.2) is 5.82 Å². The molecule has 6 nitrogen and oxygen atoms in total. The molecule has 0 radical (unpaired) electrons. The number of amides is 2. The number of carbonyl (C=O) groups is 2. The number of anilines is 1. The largest absolute Gasteiger partial charge is 0.480 e. The molecule has 1 heterocycles. The molecule has 1 unspecified atom stereocenters. The monoisotopic (exact) mass is 391 g/mol. The van der Waals surface area contributed by atoms with Gasteiger partial charge in [-0.05, 0) is 38.4 Å². The predicted molar refractivity (Wildman–Crippen MR) is 94.9 cm³/mol. The van der Waals surface area contributed by atoms with E-state index in [1.807, 2.05) is 0 Å². The highest BCUT2D eigenvalue weighted by atomic mass is 35.5. The second kappa shape index (κ2) is 8.69. The topological polar surface area (TPSA) is 72.9 Å². The lowest BCUT2D eigenvalue weighted by Gasteiger charge is -2.25. The van der Waals surface area contributed by atoms with Crippen LogP contribution < -0.4 is 5.32 Å². The summed E-state index contributed by atoms with van der Waals surface area (Å²) in [6.07, 6.45) is 2.27. The SMILES string of the molecule is CN(CC(=O)O)C1CCCN(C(=O)Nc2cc(Cl)c(F)c(Cl)c2)CC1. The Kier molecular flexibility index (Phi) is 6.87. The number of aliphatic carboxylic acids is 1. The maximum absolute atomic E-state index is 13.4. The molecule has 0 bridgehead atoms. The van der Waals surface area contributed by atoms with Crippen LogP contribution in [0, 0.1) is 5.82 Å². The van der Waals surface area contributed by atoms with Gasteiger partial charge in [0.1, 0.15) is 0 Å². The Morgan fingerprint density at radius 2 is 1.96 bits per heavy atom. The lowest BCUT2D eigenvalue weighted by Crippen LogP contribution is -2.38. The fraction of sp³-hybridized carbons (Fsp3) is 0.500. The fourth-order valence-corrected chi connectivity index (χ4v) is 3.38. The highest BCUT2D eigenvalue weighted by molar-refractivity contribution is 6.35. The Labute approximate surface area is 155 Å². The quantitative estimate of drug-likeness (QED) is 0.769. The van der Waals surface area contributed by atoms with Crippen molar-refractivity contribution < 1.29 is 19.1 Å². The first kappa shape index (κ1) is 19.8. The summed E-state index contributed by atoms with van der Waals surface area (Å²) in [4.78, 5) is 26.7. The molecule has 1 fully saturated rings. The fourth-order valence-electron chi connectivity index (χ4n) is 2.90. The average molecular weight is 392 g/mol. The summed E-state index contributed by atoms with van der Waals surface area (Å²) in [6, 6.07) is 2.41. The van der Waals surface area contributed by atoms with Crippen molar-refractivity contribution in [1.29, 1.82) is 0 Å².